The zero-order chi connectivity index (χ0) is 45.7. The summed E-state index contributed by atoms with van der Waals surface area (Å²) in [4.78, 5) is 89.7. The largest absolute Gasteiger partial charge is 0.456 e. The molecule has 0 aliphatic carbocycles. The van der Waals surface area contributed by atoms with Crippen LogP contribution in [-0.2, 0) is 43.6 Å². The van der Waals surface area contributed by atoms with Gasteiger partial charge in [-0.15, -0.1) is 11.8 Å². The van der Waals surface area contributed by atoms with Gasteiger partial charge in [-0.3, -0.25) is 35.1 Å². The maximum atomic E-state index is 13.8. The van der Waals surface area contributed by atoms with E-state index in [1.807, 2.05) is 6.92 Å². The molecule has 3 aliphatic rings. The molecule has 0 spiro atoms. The molecule has 0 bridgehead atoms. The molecule has 63 heavy (non-hydrogen) atoms. The van der Waals surface area contributed by atoms with Gasteiger partial charge in [-0.1, -0.05) is 6.92 Å². The Morgan fingerprint density at radius 2 is 1.29 bits per heavy atom. The molecule has 0 unspecified atom stereocenters. The number of aliphatic hydroxyl groups is 2. The van der Waals surface area contributed by atoms with Gasteiger partial charge in [-0.25, -0.2) is 14.4 Å². The molecule has 3 amide bonds. The average Bonchev–Trinajstić information content (AvgIpc) is 3.79. The molecule has 3 aliphatic heterocycles. The average molecular weight is 893 g/mol. The third-order valence-electron chi connectivity index (χ3n) is 11.2. The number of ether oxygens (including phenoxy) is 3. The topological polar surface area (TPSA) is 276 Å². The molecule has 7 atom stereocenters. The highest BCUT2D eigenvalue weighted by atomic mass is 32.2. The van der Waals surface area contributed by atoms with E-state index >= 15 is 0 Å². The van der Waals surface area contributed by atoms with Gasteiger partial charge in [0.05, 0.1) is 45.0 Å². The Hall–Kier alpha value is -6.65. The molecule has 334 valence electrons. The number of hydrogen-bond acceptors (Lipinski definition) is 16. The van der Waals surface area contributed by atoms with Crippen LogP contribution in [0.4, 0.5) is 26.7 Å². The van der Waals surface area contributed by atoms with Crippen molar-refractivity contribution in [2.75, 3.05) is 20.1 Å². The molecule has 3 heterocycles. The third kappa shape index (κ3) is 10.4. The Morgan fingerprint density at radius 3 is 1.76 bits per heavy atom. The standard InChI is InChI=1S/C41H44N6O15S/c1-23-35-34(24(2)48)38(50)44(35)36(39(51)60-20-25-4-10-28(11-5-25)45(54)55)37(23)63-31-18-32(43(19-31)41(53)62-22-27-8-14-30(15-9-27)47(58)59)33(49)16-17-42(3)40(52)61-21-26-6-12-29(13-7-26)46(56)57/h4-15,23-24,31-35,48-49H,16-22H2,1-3H3/t23-,24-,31+,32+,33+,34-,35-/m1/s1. The number of hydrogen-bond donors (Lipinski definition) is 2. The number of fused-ring (bicyclic) bond motifs is 1. The highest BCUT2D eigenvalue weighted by Crippen LogP contribution is 2.52. The predicted molar refractivity (Wildman–Crippen MR) is 221 cm³/mol. The van der Waals surface area contributed by atoms with E-state index < -0.39 is 80.2 Å². The lowest BCUT2D eigenvalue weighted by Gasteiger charge is -2.46. The summed E-state index contributed by atoms with van der Waals surface area (Å²) < 4.78 is 16.6. The van der Waals surface area contributed by atoms with Gasteiger partial charge in [0, 0.05) is 72.6 Å². The van der Waals surface area contributed by atoms with Crippen LogP contribution in [0.2, 0.25) is 0 Å². The van der Waals surface area contributed by atoms with Gasteiger partial charge < -0.3 is 39.1 Å². The van der Waals surface area contributed by atoms with Crippen LogP contribution in [0.25, 0.3) is 0 Å². The van der Waals surface area contributed by atoms with E-state index in [0.29, 0.717) is 21.6 Å². The minimum Gasteiger partial charge on any atom is -0.456 e. The van der Waals surface area contributed by atoms with Crippen molar-refractivity contribution in [3.05, 3.63) is 130 Å². The van der Waals surface area contributed by atoms with Crippen molar-refractivity contribution >= 4 is 52.9 Å². The second-order valence-corrected chi connectivity index (χ2v) is 16.7. The normalized spacial score (nSPS) is 21.2. The SMILES string of the molecule is C[C@@H](O)[C@H]1C(=O)N2C(C(=O)OCc3ccc([N+](=O)[O-])cc3)=C(S[C@H]3C[C@@H]([C@@H](O)CCN(C)C(=O)OCc4ccc([N+](=O)[O-])cc4)N(C(=O)OCc4ccc([N+](=O)[O-])cc4)C3)[C@H](C)[C@H]12. The van der Waals surface area contributed by atoms with Crippen LogP contribution < -0.4 is 0 Å². The first-order chi connectivity index (χ1) is 29.9. The number of nitro groups is 3. The molecular formula is C41H44N6O15S. The first kappa shape index (κ1) is 45.9. The molecule has 0 radical (unpaired) electrons. The molecule has 2 N–H and O–H groups in total. The van der Waals surface area contributed by atoms with E-state index in [4.69, 9.17) is 14.2 Å². The van der Waals surface area contributed by atoms with Crippen LogP contribution in [0.1, 0.15) is 43.4 Å². The summed E-state index contributed by atoms with van der Waals surface area (Å²) in [6, 6.07) is 14.9. The molecule has 22 heteroatoms. The Kier molecular flexibility index (Phi) is 14.3. The maximum Gasteiger partial charge on any atom is 0.410 e. The summed E-state index contributed by atoms with van der Waals surface area (Å²) >= 11 is 1.23. The Labute approximate surface area is 363 Å². The number of β-lactam (4-membered cyclic amide) rings is 1. The summed E-state index contributed by atoms with van der Waals surface area (Å²) in [7, 11) is 1.45. The van der Waals surface area contributed by atoms with E-state index in [2.05, 4.69) is 0 Å². The number of aliphatic hydroxyl groups excluding tert-OH is 2. The molecule has 2 saturated heterocycles. The number of nitro benzene ring substituents is 3. The van der Waals surface area contributed by atoms with Crippen LogP contribution in [0.5, 0.6) is 0 Å². The predicted octanol–water partition coefficient (Wildman–Crippen LogP) is 5.06. The van der Waals surface area contributed by atoms with Crippen molar-refractivity contribution in [1.29, 1.82) is 0 Å². The molecule has 6 rings (SSSR count). The zero-order valence-electron chi connectivity index (χ0n) is 34.2. The van der Waals surface area contributed by atoms with Crippen molar-refractivity contribution in [3.63, 3.8) is 0 Å². The Bertz CT molecular complexity index is 2270. The Morgan fingerprint density at radius 1 is 0.810 bits per heavy atom. The lowest BCUT2D eigenvalue weighted by atomic mass is 9.79. The number of rotatable bonds is 17. The van der Waals surface area contributed by atoms with Crippen molar-refractivity contribution < 1.29 is 58.4 Å². The smallest absolute Gasteiger partial charge is 0.410 e. The number of nitrogens with zero attached hydrogens (tertiary/aromatic N) is 6. The quantitative estimate of drug-likeness (QED) is 0.0589. The van der Waals surface area contributed by atoms with Crippen molar-refractivity contribution in [2.45, 2.75) is 76.1 Å². The van der Waals surface area contributed by atoms with Crippen LogP contribution in [0, 0.1) is 42.2 Å². The van der Waals surface area contributed by atoms with Gasteiger partial charge in [0.15, 0.2) is 0 Å². The molecular weight excluding hydrogens is 849 g/mol. The lowest BCUT2D eigenvalue weighted by molar-refractivity contribution is -0.385. The third-order valence-corrected chi connectivity index (χ3v) is 12.7. The number of non-ortho nitro benzene ring substituents is 3. The van der Waals surface area contributed by atoms with Crippen molar-refractivity contribution in [2.24, 2.45) is 11.8 Å². The van der Waals surface area contributed by atoms with Crippen LogP contribution in [0.15, 0.2) is 83.4 Å². The monoisotopic (exact) mass is 892 g/mol. The highest BCUT2D eigenvalue weighted by Gasteiger charge is 2.60. The highest BCUT2D eigenvalue weighted by molar-refractivity contribution is 8.03. The lowest BCUT2D eigenvalue weighted by Crippen LogP contribution is -2.63. The molecule has 0 aromatic heterocycles. The summed E-state index contributed by atoms with van der Waals surface area (Å²) in [6.45, 7) is 2.64. The maximum absolute atomic E-state index is 13.8. The fourth-order valence-electron chi connectivity index (χ4n) is 7.79. The Balaban J connectivity index is 1.18. The van der Waals surface area contributed by atoms with E-state index in [9.17, 15) is 59.7 Å². The first-order valence-corrected chi connectivity index (χ1v) is 20.6. The van der Waals surface area contributed by atoms with E-state index in [0.717, 1.165) is 0 Å². The van der Waals surface area contributed by atoms with Gasteiger partial charge >= 0.3 is 18.2 Å². The number of carbonyl (C=O) groups is 4. The summed E-state index contributed by atoms with van der Waals surface area (Å²) in [5.41, 5.74) is 1.01. The molecule has 2 fully saturated rings. The molecule has 3 aromatic carbocycles. The number of esters is 1. The minimum absolute atomic E-state index is 0.00727. The number of benzene rings is 3. The van der Waals surface area contributed by atoms with Crippen molar-refractivity contribution in [1.82, 2.24) is 14.7 Å². The van der Waals surface area contributed by atoms with Gasteiger partial charge in [-0.05, 0) is 72.9 Å². The van der Waals surface area contributed by atoms with Crippen LogP contribution in [0.3, 0.4) is 0 Å². The number of carbonyl (C=O) groups excluding carboxylic acids is 4. The number of thioether (sulfide) groups is 1. The number of amides is 3. The van der Waals surface area contributed by atoms with E-state index in [1.165, 1.54) is 113 Å². The van der Waals surface area contributed by atoms with Gasteiger partial charge in [0.25, 0.3) is 17.1 Å². The summed E-state index contributed by atoms with van der Waals surface area (Å²) in [5.74, 6) is -2.55. The van der Waals surface area contributed by atoms with E-state index in [1.54, 1.807) is 0 Å². The number of likely N-dealkylation sites (tertiary alicyclic amines) is 1. The minimum atomic E-state index is -1.21. The van der Waals surface area contributed by atoms with Gasteiger partial charge in [0.2, 0.25) is 5.91 Å². The van der Waals surface area contributed by atoms with Crippen LogP contribution in [-0.4, -0.2) is 113 Å². The fourth-order valence-corrected chi connectivity index (χ4v) is 9.32. The fraction of sp³-hybridized carbons (Fsp3) is 0.415. The van der Waals surface area contributed by atoms with Crippen LogP contribution >= 0.6 is 11.8 Å². The molecule has 21 nitrogen and oxygen atoms in total. The van der Waals surface area contributed by atoms with Gasteiger partial charge in [-0.2, -0.15) is 0 Å². The first-order valence-electron chi connectivity index (χ1n) is 19.7. The molecule has 3 aromatic rings. The van der Waals surface area contributed by atoms with Gasteiger partial charge in [0.1, 0.15) is 25.5 Å². The van der Waals surface area contributed by atoms with Crippen molar-refractivity contribution in [3.8, 4) is 0 Å². The molecule has 0 saturated carbocycles. The van der Waals surface area contributed by atoms with E-state index in [-0.39, 0.29) is 68.5 Å². The second-order valence-electron chi connectivity index (χ2n) is 15.4. The summed E-state index contributed by atoms with van der Waals surface area (Å²) in [5, 5.41) is 54.8. The zero-order valence-corrected chi connectivity index (χ0v) is 35.0. The second kappa shape index (κ2) is 19.6. The summed E-state index contributed by atoms with van der Waals surface area (Å²) in [6.07, 6.45) is -3.61.